The Kier molecular flexibility index (Phi) is 6.26. The summed E-state index contributed by atoms with van der Waals surface area (Å²) in [4.78, 5) is 0. The first-order valence-electron chi connectivity index (χ1n) is 6.55. The first-order chi connectivity index (χ1) is 7.26. The molecule has 15 heavy (non-hydrogen) atoms. The van der Waals surface area contributed by atoms with E-state index in [1.807, 2.05) is 7.05 Å². The van der Waals surface area contributed by atoms with Crippen LogP contribution in [0.3, 0.4) is 0 Å². The van der Waals surface area contributed by atoms with Gasteiger partial charge in [0, 0.05) is 6.04 Å². The van der Waals surface area contributed by atoms with Gasteiger partial charge in [0.05, 0.1) is 12.7 Å². The van der Waals surface area contributed by atoms with Crippen molar-refractivity contribution in [1.29, 1.82) is 0 Å². The van der Waals surface area contributed by atoms with Crippen molar-refractivity contribution in [3.63, 3.8) is 0 Å². The van der Waals surface area contributed by atoms with Crippen LogP contribution in [-0.2, 0) is 4.74 Å². The second-order valence-corrected chi connectivity index (χ2v) is 4.99. The Morgan fingerprint density at radius 3 is 2.47 bits per heavy atom. The maximum Gasteiger partial charge on any atom is 0.0623 e. The molecule has 0 heterocycles. The Labute approximate surface area is 94.8 Å². The predicted molar refractivity (Wildman–Crippen MR) is 65.1 cm³/mol. The minimum atomic E-state index is 0.536. The molecule has 0 aromatic rings. The van der Waals surface area contributed by atoms with Crippen molar-refractivity contribution in [2.75, 3.05) is 13.7 Å². The van der Waals surface area contributed by atoms with Gasteiger partial charge in [0.1, 0.15) is 0 Å². The summed E-state index contributed by atoms with van der Waals surface area (Å²) in [7, 11) is 2.03. The second kappa shape index (κ2) is 7.24. The lowest BCUT2D eigenvalue weighted by molar-refractivity contribution is 0.00803. The van der Waals surface area contributed by atoms with E-state index in [-0.39, 0.29) is 0 Å². The topological polar surface area (TPSA) is 21.3 Å². The van der Waals surface area contributed by atoms with Gasteiger partial charge in [0.25, 0.3) is 0 Å². The number of likely N-dealkylation sites (N-methyl/N-ethyl adjacent to an activating group) is 1. The van der Waals surface area contributed by atoms with Crippen LogP contribution in [0.25, 0.3) is 0 Å². The Balaban J connectivity index is 2.12. The average molecular weight is 213 g/mol. The first-order valence-corrected chi connectivity index (χ1v) is 6.55. The summed E-state index contributed by atoms with van der Waals surface area (Å²) >= 11 is 0. The first kappa shape index (κ1) is 13.0. The highest BCUT2D eigenvalue weighted by atomic mass is 16.5. The van der Waals surface area contributed by atoms with Crippen LogP contribution in [-0.4, -0.2) is 25.8 Å². The quantitative estimate of drug-likeness (QED) is 0.732. The molecule has 0 radical (unpaired) electrons. The van der Waals surface area contributed by atoms with Crippen LogP contribution < -0.4 is 5.32 Å². The lowest BCUT2D eigenvalue weighted by Crippen LogP contribution is -2.33. The molecular weight excluding hydrogens is 186 g/mol. The van der Waals surface area contributed by atoms with Crippen molar-refractivity contribution in [2.45, 2.75) is 64.5 Å². The average Bonchev–Trinajstić information content (AvgIpc) is 2.26. The van der Waals surface area contributed by atoms with Gasteiger partial charge < -0.3 is 10.1 Å². The highest BCUT2D eigenvalue weighted by Crippen LogP contribution is 2.25. The van der Waals surface area contributed by atoms with E-state index in [1.54, 1.807) is 0 Å². The van der Waals surface area contributed by atoms with Crippen LogP contribution in [0.5, 0.6) is 0 Å². The lowest BCUT2D eigenvalue weighted by Gasteiger charge is -2.28. The van der Waals surface area contributed by atoms with Crippen molar-refractivity contribution in [1.82, 2.24) is 5.32 Å². The van der Waals surface area contributed by atoms with Crippen molar-refractivity contribution in [3.8, 4) is 0 Å². The molecule has 0 aromatic carbocycles. The highest BCUT2D eigenvalue weighted by Gasteiger charge is 2.19. The molecule has 0 amide bonds. The van der Waals surface area contributed by atoms with E-state index >= 15 is 0 Å². The zero-order valence-electron chi connectivity index (χ0n) is 10.6. The van der Waals surface area contributed by atoms with Crippen LogP contribution in [0, 0.1) is 5.92 Å². The molecule has 1 aliphatic carbocycles. The van der Waals surface area contributed by atoms with Gasteiger partial charge in [-0.15, -0.1) is 0 Å². The standard InChI is InChI=1S/C13H27NO/c1-4-5-12(14-3)10-15-13-8-6-11(2)7-9-13/h11-14H,4-10H2,1-3H3. The number of hydrogen-bond acceptors (Lipinski definition) is 2. The zero-order valence-corrected chi connectivity index (χ0v) is 10.6. The van der Waals surface area contributed by atoms with E-state index in [2.05, 4.69) is 19.2 Å². The zero-order chi connectivity index (χ0) is 11.1. The van der Waals surface area contributed by atoms with E-state index in [4.69, 9.17) is 4.74 Å². The summed E-state index contributed by atoms with van der Waals surface area (Å²) in [5, 5.41) is 3.33. The van der Waals surface area contributed by atoms with Gasteiger partial charge in [-0.05, 0) is 45.1 Å². The molecule has 2 heteroatoms. The summed E-state index contributed by atoms with van der Waals surface area (Å²) in [6, 6.07) is 0.550. The SMILES string of the molecule is CCCC(COC1CCC(C)CC1)NC. The Hall–Kier alpha value is -0.0800. The molecule has 0 bridgehead atoms. The number of rotatable bonds is 6. The monoisotopic (exact) mass is 213 g/mol. The summed E-state index contributed by atoms with van der Waals surface area (Å²) in [6.07, 6.45) is 8.23. The molecule has 1 N–H and O–H groups in total. The Morgan fingerprint density at radius 2 is 1.93 bits per heavy atom. The molecule has 1 saturated carbocycles. The van der Waals surface area contributed by atoms with E-state index in [9.17, 15) is 0 Å². The molecule has 1 fully saturated rings. The van der Waals surface area contributed by atoms with Crippen molar-refractivity contribution >= 4 is 0 Å². The molecule has 1 aliphatic rings. The van der Waals surface area contributed by atoms with Crippen molar-refractivity contribution < 1.29 is 4.74 Å². The largest absolute Gasteiger partial charge is 0.377 e. The summed E-state index contributed by atoms with van der Waals surface area (Å²) in [6.45, 7) is 5.47. The molecule has 0 saturated heterocycles. The molecule has 1 unspecified atom stereocenters. The maximum absolute atomic E-state index is 5.97. The van der Waals surface area contributed by atoms with Gasteiger partial charge in [-0.3, -0.25) is 0 Å². The third-order valence-corrected chi connectivity index (χ3v) is 3.54. The minimum absolute atomic E-state index is 0.536. The third-order valence-electron chi connectivity index (χ3n) is 3.54. The van der Waals surface area contributed by atoms with E-state index < -0.39 is 0 Å². The molecule has 1 atom stereocenters. The second-order valence-electron chi connectivity index (χ2n) is 4.99. The maximum atomic E-state index is 5.97. The number of hydrogen-bond donors (Lipinski definition) is 1. The van der Waals surface area contributed by atoms with Gasteiger partial charge in [-0.1, -0.05) is 20.3 Å². The fourth-order valence-corrected chi connectivity index (χ4v) is 2.31. The van der Waals surface area contributed by atoms with Crippen LogP contribution in [0.1, 0.15) is 52.4 Å². The van der Waals surface area contributed by atoms with Gasteiger partial charge in [0.2, 0.25) is 0 Å². The van der Waals surface area contributed by atoms with E-state index in [1.165, 1.54) is 38.5 Å². The summed E-state index contributed by atoms with van der Waals surface area (Å²) < 4.78 is 5.97. The fourth-order valence-electron chi connectivity index (χ4n) is 2.31. The lowest BCUT2D eigenvalue weighted by atomic mass is 9.89. The van der Waals surface area contributed by atoms with Gasteiger partial charge in [0.15, 0.2) is 0 Å². The van der Waals surface area contributed by atoms with E-state index in [0.29, 0.717) is 12.1 Å². The molecule has 0 aliphatic heterocycles. The molecular formula is C13H27NO. The van der Waals surface area contributed by atoms with Crippen LogP contribution in [0.4, 0.5) is 0 Å². The third kappa shape index (κ3) is 4.98. The van der Waals surface area contributed by atoms with Crippen molar-refractivity contribution in [3.05, 3.63) is 0 Å². The van der Waals surface area contributed by atoms with Crippen LogP contribution in [0.15, 0.2) is 0 Å². The van der Waals surface area contributed by atoms with E-state index in [0.717, 1.165) is 12.5 Å². The number of ether oxygens (including phenoxy) is 1. The highest BCUT2D eigenvalue weighted by molar-refractivity contribution is 4.71. The van der Waals surface area contributed by atoms with Crippen LogP contribution >= 0.6 is 0 Å². The smallest absolute Gasteiger partial charge is 0.0623 e. The van der Waals surface area contributed by atoms with Gasteiger partial charge >= 0.3 is 0 Å². The molecule has 90 valence electrons. The van der Waals surface area contributed by atoms with Gasteiger partial charge in [-0.25, -0.2) is 0 Å². The molecule has 0 spiro atoms. The number of nitrogens with one attached hydrogen (secondary N) is 1. The molecule has 0 aromatic heterocycles. The molecule has 1 rings (SSSR count). The van der Waals surface area contributed by atoms with Crippen molar-refractivity contribution in [2.24, 2.45) is 5.92 Å². The summed E-state index contributed by atoms with van der Waals surface area (Å²) in [5.74, 6) is 0.917. The fraction of sp³-hybridized carbons (Fsp3) is 1.00. The molecule has 2 nitrogen and oxygen atoms in total. The summed E-state index contributed by atoms with van der Waals surface area (Å²) in [5.41, 5.74) is 0. The Morgan fingerprint density at radius 1 is 1.27 bits per heavy atom. The predicted octanol–water partition coefficient (Wildman–Crippen LogP) is 2.97. The minimum Gasteiger partial charge on any atom is -0.377 e. The Bertz CT molecular complexity index is 153. The van der Waals surface area contributed by atoms with Crippen LogP contribution in [0.2, 0.25) is 0 Å². The van der Waals surface area contributed by atoms with Gasteiger partial charge in [-0.2, -0.15) is 0 Å². The normalized spacial score (nSPS) is 29.0.